The summed E-state index contributed by atoms with van der Waals surface area (Å²) in [4.78, 5) is 17.8. The molecule has 0 atom stereocenters. The average Bonchev–Trinajstić information content (AvgIpc) is 2.49. The summed E-state index contributed by atoms with van der Waals surface area (Å²) in [5, 5.41) is 3.39. The lowest BCUT2D eigenvalue weighted by molar-refractivity contribution is 0.0492. The zero-order valence-corrected chi connectivity index (χ0v) is 14.0. The van der Waals surface area contributed by atoms with Gasteiger partial charge in [0.25, 0.3) is 5.91 Å². The van der Waals surface area contributed by atoms with E-state index >= 15 is 0 Å². The number of hydrogen-bond donors (Lipinski definition) is 1. The molecule has 1 aromatic heterocycles. The molecule has 1 N–H and O–H groups in total. The molecule has 0 saturated carbocycles. The standard InChI is InChI=1S/C15H20FN3O.2ClH/c16-13-11-18-6-1-12(13)14(20)19-9-4-15(5-10-19)2-7-17-8-3-15;;/h1,6,11,17H,2-5,7-10H2;2*1H. The third-order valence-electron chi connectivity index (χ3n) is 4.78. The molecule has 0 unspecified atom stereocenters. The molecule has 124 valence electrons. The Morgan fingerprint density at radius 2 is 1.82 bits per heavy atom. The Morgan fingerprint density at radius 1 is 1.18 bits per heavy atom. The smallest absolute Gasteiger partial charge is 0.256 e. The Labute approximate surface area is 142 Å². The van der Waals surface area contributed by atoms with Gasteiger partial charge in [0.05, 0.1) is 11.8 Å². The Kier molecular flexibility index (Phi) is 7.03. The number of piperidine rings is 2. The van der Waals surface area contributed by atoms with Gasteiger partial charge in [0.2, 0.25) is 0 Å². The molecule has 2 fully saturated rings. The number of carbonyl (C=O) groups excluding carboxylic acids is 1. The van der Waals surface area contributed by atoms with Gasteiger partial charge in [-0.15, -0.1) is 24.8 Å². The van der Waals surface area contributed by atoms with Crippen LogP contribution in [0, 0.1) is 11.2 Å². The van der Waals surface area contributed by atoms with Gasteiger partial charge in [-0.2, -0.15) is 0 Å². The highest BCUT2D eigenvalue weighted by Gasteiger charge is 2.37. The molecule has 7 heteroatoms. The molecule has 1 amide bonds. The molecule has 3 heterocycles. The van der Waals surface area contributed by atoms with Crippen LogP contribution in [0.5, 0.6) is 0 Å². The second kappa shape index (κ2) is 8.09. The van der Waals surface area contributed by atoms with Gasteiger partial charge in [-0.3, -0.25) is 9.78 Å². The fourth-order valence-electron chi connectivity index (χ4n) is 3.36. The van der Waals surface area contributed by atoms with Gasteiger partial charge < -0.3 is 10.2 Å². The van der Waals surface area contributed by atoms with E-state index in [-0.39, 0.29) is 36.3 Å². The normalized spacial score (nSPS) is 20.0. The number of carbonyl (C=O) groups is 1. The largest absolute Gasteiger partial charge is 0.339 e. The maximum atomic E-state index is 13.6. The van der Waals surface area contributed by atoms with Crippen molar-refractivity contribution in [3.8, 4) is 0 Å². The Bertz CT molecular complexity index is 499. The summed E-state index contributed by atoms with van der Waals surface area (Å²) in [6.07, 6.45) is 7.03. The summed E-state index contributed by atoms with van der Waals surface area (Å²) in [5.74, 6) is -0.728. The minimum absolute atomic E-state index is 0. The summed E-state index contributed by atoms with van der Waals surface area (Å²) in [7, 11) is 0. The summed E-state index contributed by atoms with van der Waals surface area (Å²) >= 11 is 0. The molecule has 0 bridgehead atoms. The summed E-state index contributed by atoms with van der Waals surface area (Å²) in [5.41, 5.74) is 0.542. The molecule has 1 spiro atoms. The summed E-state index contributed by atoms with van der Waals surface area (Å²) < 4.78 is 13.6. The van der Waals surface area contributed by atoms with E-state index in [2.05, 4.69) is 10.3 Å². The fraction of sp³-hybridized carbons (Fsp3) is 0.600. The van der Waals surface area contributed by atoms with Crippen LogP contribution in [-0.2, 0) is 0 Å². The molecular weight excluding hydrogens is 328 g/mol. The van der Waals surface area contributed by atoms with Gasteiger partial charge in [0, 0.05) is 19.3 Å². The lowest BCUT2D eigenvalue weighted by Gasteiger charge is -2.44. The minimum Gasteiger partial charge on any atom is -0.339 e. The number of rotatable bonds is 1. The van der Waals surface area contributed by atoms with Crippen LogP contribution in [0.4, 0.5) is 4.39 Å². The zero-order valence-electron chi connectivity index (χ0n) is 12.4. The first-order chi connectivity index (χ1) is 9.70. The third-order valence-corrected chi connectivity index (χ3v) is 4.78. The molecule has 3 rings (SSSR count). The van der Waals surface area contributed by atoms with Crippen LogP contribution in [0.1, 0.15) is 36.0 Å². The Balaban J connectivity index is 0.00000121. The minimum atomic E-state index is -0.528. The van der Waals surface area contributed by atoms with E-state index in [9.17, 15) is 9.18 Å². The first kappa shape index (κ1) is 19.1. The van der Waals surface area contributed by atoms with Crippen LogP contribution in [0.25, 0.3) is 0 Å². The van der Waals surface area contributed by atoms with E-state index in [0.29, 0.717) is 5.41 Å². The Hall–Kier alpha value is -0.910. The van der Waals surface area contributed by atoms with E-state index in [1.807, 2.05) is 0 Å². The van der Waals surface area contributed by atoms with Crippen LogP contribution in [0.2, 0.25) is 0 Å². The average molecular weight is 350 g/mol. The molecule has 2 aliphatic rings. The van der Waals surface area contributed by atoms with Crippen molar-refractivity contribution < 1.29 is 9.18 Å². The van der Waals surface area contributed by atoms with Crippen molar-refractivity contribution in [1.82, 2.24) is 15.2 Å². The van der Waals surface area contributed by atoms with E-state index in [1.54, 1.807) is 4.90 Å². The van der Waals surface area contributed by atoms with Gasteiger partial charge in [0.1, 0.15) is 0 Å². The second-order valence-electron chi connectivity index (χ2n) is 5.90. The van der Waals surface area contributed by atoms with Gasteiger partial charge >= 0.3 is 0 Å². The summed E-state index contributed by atoms with van der Waals surface area (Å²) in [6.45, 7) is 3.63. The van der Waals surface area contributed by atoms with Crippen LogP contribution in [-0.4, -0.2) is 42.0 Å². The lowest BCUT2D eigenvalue weighted by Crippen LogP contribution is -2.47. The maximum Gasteiger partial charge on any atom is 0.256 e. The first-order valence-corrected chi connectivity index (χ1v) is 7.30. The monoisotopic (exact) mass is 349 g/mol. The first-order valence-electron chi connectivity index (χ1n) is 7.30. The molecule has 2 aliphatic heterocycles. The molecule has 4 nitrogen and oxygen atoms in total. The number of amides is 1. The molecular formula is C15H22Cl2FN3O. The van der Waals surface area contributed by atoms with Crippen LogP contribution < -0.4 is 5.32 Å². The van der Waals surface area contributed by atoms with Crippen LogP contribution in [0.3, 0.4) is 0 Å². The lowest BCUT2D eigenvalue weighted by atomic mass is 9.71. The van der Waals surface area contributed by atoms with Crippen molar-refractivity contribution >= 4 is 30.7 Å². The van der Waals surface area contributed by atoms with E-state index < -0.39 is 5.82 Å². The number of likely N-dealkylation sites (tertiary alicyclic amines) is 1. The third kappa shape index (κ3) is 3.89. The molecule has 2 saturated heterocycles. The van der Waals surface area contributed by atoms with Crippen molar-refractivity contribution in [1.29, 1.82) is 0 Å². The maximum absolute atomic E-state index is 13.6. The van der Waals surface area contributed by atoms with Crippen LogP contribution >= 0.6 is 24.8 Å². The Morgan fingerprint density at radius 3 is 2.41 bits per heavy atom. The van der Waals surface area contributed by atoms with E-state index in [0.717, 1.165) is 45.2 Å². The predicted molar refractivity (Wildman–Crippen MR) is 88.4 cm³/mol. The quantitative estimate of drug-likeness (QED) is 0.847. The van der Waals surface area contributed by atoms with Crippen molar-refractivity contribution in [3.63, 3.8) is 0 Å². The van der Waals surface area contributed by atoms with E-state index in [1.165, 1.54) is 25.1 Å². The second-order valence-corrected chi connectivity index (χ2v) is 5.90. The molecule has 0 radical (unpaired) electrons. The number of nitrogens with zero attached hydrogens (tertiary/aromatic N) is 2. The molecule has 0 aliphatic carbocycles. The van der Waals surface area contributed by atoms with Crippen molar-refractivity contribution in [2.24, 2.45) is 5.41 Å². The number of hydrogen-bond acceptors (Lipinski definition) is 3. The highest BCUT2D eigenvalue weighted by atomic mass is 35.5. The number of nitrogens with one attached hydrogen (secondary N) is 1. The summed E-state index contributed by atoms with van der Waals surface area (Å²) in [6, 6.07) is 1.46. The fourth-order valence-corrected chi connectivity index (χ4v) is 3.36. The molecule has 1 aromatic rings. The molecule has 22 heavy (non-hydrogen) atoms. The van der Waals surface area contributed by atoms with Gasteiger partial charge in [0.15, 0.2) is 5.82 Å². The number of halogens is 3. The van der Waals surface area contributed by atoms with Crippen molar-refractivity contribution in [3.05, 3.63) is 29.8 Å². The topological polar surface area (TPSA) is 45.2 Å². The number of aromatic nitrogens is 1. The van der Waals surface area contributed by atoms with Crippen molar-refractivity contribution in [2.45, 2.75) is 25.7 Å². The van der Waals surface area contributed by atoms with E-state index in [4.69, 9.17) is 0 Å². The highest BCUT2D eigenvalue weighted by Crippen LogP contribution is 2.39. The highest BCUT2D eigenvalue weighted by molar-refractivity contribution is 5.94. The van der Waals surface area contributed by atoms with Crippen molar-refractivity contribution in [2.75, 3.05) is 26.2 Å². The SMILES string of the molecule is Cl.Cl.O=C(c1ccncc1F)N1CCC2(CCNCC2)CC1. The predicted octanol–water partition coefficient (Wildman–Crippen LogP) is 2.67. The van der Waals surface area contributed by atoms with Crippen LogP contribution in [0.15, 0.2) is 18.5 Å². The number of pyridine rings is 1. The van der Waals surface area contributed by atoms with Gasteiger partial charge in [-0.25, -0.2) is 4.39 Å². The molecule has 0 aromatic carbocycles. The van der Waals surface area contributed by atoms with Gasteiger partial charge in [-0.1, -0.05) is 0 Å². The zero-order chi connectivity index (χ0) is 14.0. The van der Waals surface area contributed by atoms with Gasteiger partial charge in [-0.05, 0) is 50.3 Å².